The van der Waals surface area contributed by atoms with Crippen LogP contribution in [0.25, 0.3) is 10.9 Å². The highest BCUT2D eigenvalue weighted by molar-refractivity contribution is 6.00. The van der Waals surface area contributed by atoms with Gasteiger partial charge in [-0.2, -0.15) is 5.10 Å². The molecule has 102 valence electrons. The highest BCUT2D eigenvalue weighted by Gasteiger charge is 2.06. The predicted octanol–water partition coefficient (Wildman–Crippen LogP) is 1.52. The summed E-state index contributed by atoms with van der Waals surface area (Å²) in [7, 11) is 1.90. The molecule has 3 rings (SSSR count). The van der Waals surface area contributed by atoms with Gasteiger partial charge in [0.25, 0.3) is 0 Å². The Bertz CT molecular complexity index is 784. The van der Waals surface area contributed by atoms with Gasteiger partial charge in [0.1, 0.15) is 0 Å². The van der Waals surface area contributed by atoms with Gasteiger partial charge in [0.15, 0.2) is 5.84 Å². The minimum absolute atomic E-state index is 0.118. The second-order valence-corrected chi connectivity index (χ2v) is 4.72. The lowest BCUT2D eigenvalue weighted by Gasteiger charge is -2.04. The lowest BCUT2D eigenvalue weighted by molar-refractivity contribution is 0.318. The first-order chi connectivity index (χ1) is 9.67. The van der Waals surface area contributed by atoms with E-state index in [-0.39, 0.29) is 5.84 Å². The summed E-state index contributed by atoms with van der Waals surface area (Å²) in [6.45, 7) is 0.764. The van der Waals surface area contributed by atoms with Crippen molar-refractivity contribution in [3.63, 3.8) is 0 Å². The van der Waals surface area contributed by atoms with Crippen LogP contribution in [-0.2, 0) is 13.6 Å². The molecule has 0 aliphatic heterocycles. The number of nitrogens with zero attached hydrogens (tertiary/aromatic N) is 4. The van der Waals surface area contributed by atoms with Crippen molar-refractivity contribution < 1.29 is 5.21 Å². The molecule has 2 aromatic heterocycles. The van der Waals surface area contributed by atoms with Crippen LogP contribution in [0.2, 0.25) is 0 Å². The Morgan fingerprint density at radius 3 is 2.95 bits per heavy atom. The molecule has 3 N–H and O–H groups in total. The highest BCUT2D eigenvalue weighted by Crippen LogP contribution is 2.19. The molecule has 6 nitrogen and oxygen atoms in total. The molecule has 0 aliphatic rings. The number of amidine groups is 1. The van der Waals surface area contributed by atoms with Crippen LogP contribution in [0.5, 0.6) is 0 Å². The molecule has 0 spiro atoms. The molecule has 0 fully saturated rings. The van der Waals surface area contributed by atoms with Crippen LogP contribution in [0, 0.1) is 0 Å². The van der Waals surface area contributed by atoms with Gasteiger partial charge < -0.3 is 15.5 Å². The van der Waals surface area contributed by atoms with Crippen molar-refractivity contribution >= 4 is 16.7 Å². The minimum atomic E-state index is 0.118. The second-order valence-electron chi connectivity index (χ2n) is 4.72. The average Bonchev–Trinajstić information content (AvgIpc) is 3.05. The highest BCUT2D eigenvalue weighted by atomic mass is 16.4. The zero-order valence-corrected chi connectivity index (χ0v) is 11.1. The van der Waals surface area contributed by atoms with Gasteiger partial charge >= 0.3 is 0 Å². The summed E-state index contributed by atoms with van der Waals surface area (Å²) in [5.74, 6) is 0.118. The third-order valence-electron chi connectivity index (χ3n) is 3.29. The average molecular weight is 269 g/mol. The SMILES string of the molecule is Cn1cc(Cn2ccc3cc(/C(N)=N/O)ccc32)cn1. The molecule has 0 saturated heterocycles. The van der Waals surface area contributed by atoms with Gasteiger partial charge in [0.2, 0.25) is 0 Å². The van der Waals surface area contributed by atoms with E-state index in [1.807, 2.05) is 49.9 Å². The van der Waals surface area contributed by atoms with E-state index in [1.54, 1.807) is 4.68 Å². The first-order valence-corrected chi connectivity index (χ1v) is 6.21. The lowest BCUT2D eigenvalue weighted by atomic mass is 10.1. The zero-order chi connectivity index (χ0) is 14.1. The number of fused-ring (bicyclic) bond motifs is 1. The standard InChI is InChI=1S/C14H15N5O/c1-18-8-10(7-16-18)9-19-5-4-11-6-12(14(15)17-20)2-3-13(11)19/h2-8,20H,9H2,1H3,(H2,15,17). The summed E-state index contributed by atoms with van der Waals surface area (Å²) in [5, 5.41) is 17.0. The van der Waals surface area contributed by atoms with E-state index in [0.717, 1.165) is 23.0 Å². The number of benzene rings is 1. The molecule has 0 unspecified atom stereocenters. The Kier molecular flexibility index (Phi) is 2.90. The maximum Gasteiger partial charge on any atom is 0.170 e. The van der Waals surface area contributed by atoms with Gasteiger partial charge in [-0.25, -0.2) is 0 Å². The van der Waals surface area contributed by atoms with Crippen LogP contribution >= 0.6 is 0 Å². The molecule has 1 aromatic carbocycles. The fraction of sp³-hybridized carbons (Fsp3) is 0.143. The van der Waals surface area contributed by atoms with Crippen LogP contribution in [0.15, 0.2) is 48.0 Å². The van der Waals surface area contributed by atoms with Crippen LogP contribution in [-0.4, -0.2) is 25.4 Å². The molecule has 0 bridgehead atoms. The number of nitrogens with two attached hydrogens (primary N) is 1. The topological polar surface area (TPSA) is 81.4 Å². The van der Waals surface area contributed by atoms with E-state index < -0.39 is 0 Å². The Labute approximate surface area is 115 Å². The summed E-state index contributed by atoms with van der Waals surface area (Å²) < 4.78 is 3.93. The lowest BCUT2D eigenvalue weighted by Crippen LogP contribution is -2.12. The Morgan fingerprint density at radius 1 is 1.40 bits per heavy atom. The fourth-order valence-electron chi connectivity index (χ4n) is 2.31. The van der Waals surface area contributed by atoms with Crippen molar-refractivity contribution in [2.24, 2.45) is 17.9 Å². The number of hydrogen-bond acceptors (Lipinski definition) is 3. The van der Waals surface area contributed by atoms with Crippen molar-refractivity contribution in [2.45, 2.75) is 6.54 Å². The fourth-order valence-corrected chi connectivity index (χ4v) is 2.31. The summed E-state index contributed by atoms with van der Waals surface area (Å²) in [4.78, 5) is 0. The maximum absolute atomic E-state index is 8.71. The van der Waals surface area contributed by atoms with Crippen molar-refractivity contribution in [1.82, 2.24) is 14.3 Å². The van der Waals surface area contributed by atoms with Gasteiger partial charge in [-0.1, -0.05) is 5.16 Å². The van der Waals surface area contributed by atoms with Crippen molar-refractivity contribution in [2.75, 3.05) is 0 Å². The van der Waals surface area contributed by atoms with Crippen LogP contribution in [0.4, 0.5) is 0 Å². The normalized spacial score (nSPS) is 12.2. The van der Waals surface area contributed by atoms with Crippen LogP contribution < -0.4 is 5.73 Å². The van der Waals surface area contributed by atoms with E-state index in [4.69, 9.17) is 10.9 Å². The van der Waals surface area contributed by atoms with Crippen molar-refractivity contribution in [1.29, 1.82) is 0 Å². The first-order valence-electron chi connectivity index (χ1n) is 6.21. The Balaban J connectivity index is 1.97. The maximum atomic E-state index is 8.71. The zero-order valence-electron chi connectivity index (χ0n) is 11.1. The first kappa shape index (κ1) is 12.3. The van der Waals surface area contributed by atoms with Crippen LogP contribution in [0.3, 0.4) is 0 Å². The van der Waals surface area contributed by atoms with Gasteiger partial charge in [-0.3, -0.25) is 4.68 Å². The van der Waals surface area contributed by atoms with Gasteiger partial charge in [0, 0.05) is 41.5 Å². The van der Waals surface area contributed by atoms with E-state index >= 15 is 0 Å². The molecule has 0 atom stereocenters. The molecular formula is C14H15N5O. The van der Waals surface area contributed by atoms with E-state index in [2.05, 4.69) is 14.8 Å². The quantitative estimate of drug-likeness (QED) is 0.327. The summed E-state index contributed by atoms with van der Waals surface area (Å²) in [5.41, 5.74) is 8.55. The Morgan fingerprint density at radius 2 is 2.25 bits per heavy atom. The van der Waals surface area contributed by atoms with Crippen LogP contribution in [0.1, 0.15) is 11.1 Å². The third-order valence-corrected chi connectivity index (χ3v) is 3.29. The monoisotopic (exact) mass is 269 g/mol. The Hall–Kier alpha value is -2.76. The summed E-state index contributed by atoms with van der Waals surface area (Å²) in [6, 6.07) is 7.74. The number of aryl methyl sites for hydroxylation is 1. The van der Waals surface area contributed by atoms with E-state index in [1.165, 1.54) is 0 Å². The number of hydrogen-bond donors (Lipinski definition) is 2. The molecule has 20 heavy (non-hydrogen) atoms. The van der Waals surface area contributed by atoms with E-state index in [0.29, 0.717) is 5.56 Å². The molecule has 3 aromatic rings. The molecule has 0 radical (unpaired) electrons. The predicted molar refractivity (Wildman–Crippen MR) is 76.8 cm³/mol. The minimum Gasteiger partial charge on any atom is -0.409 e. The molecule has 6 heteroatoms. The van der Waals surface area contributed by atoms with Gasteiger partial charge in [-0.05, 0) is 24.3 Å². The number of rotatable bonds is 3. The summed E-state index contributed by atoms with van der Waals surface area (Å²) >= 11 is 0. The van der Waals surface area contributed by atoms with Crippen molar-refractivity contribution in [3.8, 4) is 0 Å². The largest absolute Gasteiger partial charge is 0.409 e. The molecule has 0 amide bonds. The summed E-state index contributed by atoms with van der Waals surface area (Å²) in [6.07, 6.45) is 5.88. The van der Waals surface area contributed by atoms with E-state index in [9.17, 15) is 0 Å². The second kappa shape index (κ2) is 4.73. The smallest absolute Gasteiger partial charge is 0.170 e. The number of aromatic nitrogens is 3. The third kappa shape index (κ3) is 2.11. The van der Waals surface area contributed by atoms with Crippen molar-refractivity contribution in [3.05, 3.63) is 54.0 Å². The molecule has 0 aliphatic carbocycles. The van der Waals surface area contributed by atoms with Gasteiger partial charge in [0.05, 0.1) is 12.7 Å². The molecule has 0 saturated carbocycles. The molecule has 2 heterocycles. The van der Waals surface area contributed by atoms with Gasteiger partial charge in [-0.15, -0.1) is 0 Å². The number of oxime groups is 1. The molecular weight excluding hydrogens is 254 g/mol.